The van der Waals surface area contributed by atoms with Gasteiger partial charge < -0.3 is 0 Å². The summed E-state index contributed by atoms with van der Waals surface area (Å²) < 4.78 is 27.5. The van der Waals surface area contributed by atoms with Crippen molar-refractivity contribution >= 4 is 10.0 Å². The molecule has 1 fully saturated rings. The first kappa shape index (κ1) is 18.1. The van der Waals surface area contributed by atoms with Crippen LogP contribution < -0.4 is 4.72 Å². The molecule has 1 heterocycles. The fraction of sp³-hybridized carbons (Fsp3) is 0.529. The second kappa shape index (κ2) is 6.73. The molecule has 2 unspecified atom stereocenters. The van der Waals surface area contributed by atoms with Crippen molar-refractivity contribution in [2.75, 3.05) is 20.2 Å². The molecule has 5 nitrogen and oxygen atoms in total. The Kier molecular flexibility index (Phi) is 5.30. The molecular formula is C17H26N2O3S. The summed E-state index contributed by atoms with van der Waals surface area (Å²) in [5.74, 6) is 0. The van der Waals surface area contributed by atoms with Gasteiger partial charge in [-0.3, -0.25) is 4.84 Å². The Morgan fingerprint density at radius 3 is 2.48 bits per heavy atom. The number of sulfonamides is 1. The van der Waals surface area contributed by atoms with Crippen LogP contribution in [0, 0.1) is 0 Å². The quantitative estimate of drug-likeness (QED) is 0.838. The van der Waals surface area contributed by atoms with Gasteiger partial charge in [0.15, 0.2) is 0 Å². The van der Waals surface area contributed by atoms with Crippen LogP contribution in [0.4, 0.5) is 0 Å². The maximum absolute atomic E-state index is 12.5. The summed E-state index contributed by atoms with van der Waals surface area (Å²) in [6.07, 6.45) is 1.53. The summed E-state index contributed by atoms with van der Waals surface area (Å²) in [4.78, 5) is 5.48. The summed E-state index contributed by atoms with van der Waals surface area (Å²) in [7, 11) is -1.71. The Balaban J connectivity index is 2.30. The SMILES string of the molecule is C=CCNS(=O)(=O)C1CON(C)C1c1ccc(C(C)(C)C)cc1. The first-order valence-electron chi connectivity index (χ1n) is 7.72. The average molecular weight is 338 g/mol. The summed E-state index contributed by atoms with van der Waals surface area (Å²) in [5, 5.41) is 0.983. The van der Waals surface area contributed by atoms with Gasteiger partial charge in [-0.25, -0.2) is 13.1 Å². The van der Waals surface area contributed by atoms with Crippen LogP contribution in [0.3, 0.4) is 0 Å². The first-order valence-corrected chi connectivity index (χ1v) is 9.27. The third kappa shape index (κ3) is 4.01. The molecule has 2 atom stereocenters. The van der Waals surface area contributed by atoms with E-state index in [0.717, 1.165) is 5.56 Å². The molecule has 1 aliphatic heterocycles. The Labute approximate surface area is 139 Å². The van der Waals surface area contributed by atoms with E-state index in [4.69, 9.17) is 4.84 Å². The van der Waals surface area contributed by atoms with E-state index in [-0.39, 0.29) is 24.6 Å². The molecule has 6 heteroatoms. The van der Waals surface area contributed by atoms with Crippen molar-refractivity contribution in [3.05, 3.63) is 48.0 Å². The Morgan fingerprint density at radius 1 is 1.35 bits per heavy atom. The fourth-order valence-electron chi connectivity index (χ4n) is 2.74. The van der Waals surface area contributed by atoms with E-state index in [9.17, 15) is 8.42 Å². The molecule has 23 heavy (non-hydrogen) atoms. The molecule has 1 aromatic carbocycles. The first-order chi connectivity index (χ1) is 10.7. The minimum absolute atomic E-state index is 0.0631. The van der Waals surface area contributed by atoms with E-state index >= 15 is 0 Å². The minimum atomic E-state index is -3.48. The van der Waals surface area contributed by atoms with Crippen molar-refractivity contribution in [2.45, 2.75) is 37.5 Å². The monoisotopic (exact) mass is 338 g/mol. The second-order valence-corrected chi connectivity index (χ2v) is 8.86. The lowest BCUT2D eigenvalue weighted by Gasteiger charge is -2.24. The number of rotatable bonds is 5. The molecule has 128 valence electrons. The molecule has 0 spiro atoms. The van der Waals surface area contributed by atoms with Crippen molar-refractivity contribution in [1.29, 1.82) is 0 Å². The standard InChI is InChI=1S/C17H26N2O3S/c1-6-11-18-23(20,21)15-12-22-19(5)16(15)13-7-9-14(10-8-13)17(2,3)4/h6-10,15-16,18H,1,11-12H2,2-5H3. The fourth-order valence-corrected chi connectivity index (χ4v) is 4.22. The topological polar surface area (TPSA) is 58.6 Å². The van der Waals surface area contributed by atoms with Crippen LogP contribution in [0.25, 0.3) is 0 Å². The number of hydroxylamine groups is 2. The highest BCUT2D eigenvalue weighted by molar-refractivity contribution is 7.90. The van der Waals surface area contributed by atoms with Gasteiger partial charge in [0.05, 0.1) is 12.6 Å². The zero-order chi connectivity index (χ0) is 17.3. The maximum atomic E-state index is 12.5. The zero-order valence-corrected chi connectivity index (χ0v) is 15.1. The van der Waals surface area contributed by atoms with Gasteiger partial charge in [-0.05, 0) is 16.5 Å². The second-order valence-electron chi connectivity index (χ2n) is 6.88. The summed E-state index contributed by atoms with van der Waals surface area (Å²) in [6, 6.07) is 7.77. The van der Waals surface area contributed by atoms with Crippen LogP contribution in [0.1, 0.15) is 37.9 Å². The van der Waals surface area contributed by atoms with Crippen molar-refractivity contribution < 1.29 is 13.3 Å². The molecule has 0 amide bonds. The number of hydrogen-bond acceptors (Lipinski definition) is 4. The Hall–Kier alpha value is -1.21. The molecular weight excluding hydrogens is 312 g/mol. The van der Waals surface area contributed by atoms with Gasteiger partial charge in [-0.1, -0.05) is 51.1 Å². The number of nitrogens with zero attached hydrogens (tertiary/aromatic N) is 1. The van der Waals surface area contributed by atoms with Crippen molar-refractivity contribution in [3.63, 3.8) is 0 Å². The van der Waals surface area contributed by atoms with Gasteiger partial charge in [0.1, 0.15) is 5.25 Å². The van der Waals surface area contributed by atoms with Crippen LogP contribution in [-0.2, 0) is 20.3 Å². The maximum Gasteiger partial charge on any atom is 0.219 e. The van der Waals surface area contributed by atoms with Crippen LogP contribution in [0.5, 0.6) is 0 Å². The highest BCUT2D eigenvalue weighted by atomic mass is 32.2. The highest BCUT2D eigenvalue weighted by Crippen LogP contribution is 2.34. The van der Waals surface area contributed by atoms with E-state index in [2.05, 4.69) is 44.2 Å². The lowest BCUT2D eigenvalue weighted by atomic mass is 9.86. The molecule has 0 bridgehead atoms. The highest BCUT2D eigenvalue weighted by Gasteiger charge is 2.42. The largest absolute Gasteiger partial charge is 0.297 e. The molecule has 1 N–H and O–H groups in total. The van der Waals surface area contributed by atoms with E-state index in [0.29, 0.717) is 0 Å². The van der Waals surface area contributed by atoms with E-state index < -0.39 is 15.3 Å². The average Bonchev–Trinajstić information content (AvgIpc) is 2.87. The van der Waals surface area contributed by atoms with Crippen molar-refractivity contribution in [2.24, 2.45) is 0 Å². The molecule has 1 aliphatic rings. The third-order valence-electron chi connectivity index (χ3n) is 4.13. The van der Waals surface area contributed by atoms with Crippen LogP contribution in [0.2, 0.25) is 0 Å². The van der Waals surface area contributed by atoms with Gasteiger partial charge in [0, 0.05) is 13.6 Å². The predicted molar refractivity (Wildman–Crippen MR) is 92.5 cm³/mol. The normalized spacial score (nSPS) is 23.1. The van der Waals surface area contributed by atoms with Crippen LogP contribution >= 0.6 is 0 Å². The smallest absolute Gasteiger partial charge is 0.219 e. The van der Waals surface area contributed by atoms with Gasteiger partial charge in [-0.2, -0.15) is 5.06 Å². The Bertz CT molecular complexity index is 647. The van der Waals surface area contributed by atoms with Crippen LogP contribution in [-0.4, -0.2) is 38.9 Å². The molecule has 1 aromatic rings. The van der Waals surface area contributed by atoms with Crippen LogP contribution in [0.15, 0.2) is 36.9 Å². The zero-order valence-electron chi connectivity index (χ0n) is 14.2. The van der Waals surface area contributed by atoms with Gasteiger partial charge in [0.2, 0.25) is 10.0 Å². The number of hydrogen-bond donors (Lipinski definition) is 1. The molecule has 0 saturated carbocycles. The van der Waals surface area contributed by atoms with Crippen molar-refractivity contribution in [1.82, 2.24) is 9.79 Å². The number of benzene rings is 1. The van der Waals surface area contributed by atoms with E-state index in [1.165, 1.54) is 11.6 Å². The van der Waals surface area contributed by atoms with Gasteiger partial charge in [-0.15, -0.1) is 6.58 Å². The lowest BCUT2D eigenvalue weighted by molar-refractivity contribution is -0.110. The molecule has 0 aromatic heterocycles. The van der Waals surface area contributed by atoms with Gasteiger partial charge in [0.25, 0.3) is 0 Å². The minimum Gasteiger partial charge on any atom is -0.297 e. The number of nitrogens with one attached hydrogen (secondary N) is 1. The van der Waals surface area contributed by atoms with Crippen molar-refractivity contribution in [3.8, 4) is 0 Å². The molecule has 2 rings (SSSR count). The third-order valence-corrected chi connectivity index (χ3v) is 5.89. The molecule has 1 saturated heterocycles. The summed E-state index contributed by atoms with van der Waals surface area (Å²) in [6.45, 7) is 10.4. The van der Waals surface area contributed by atoms with Gasteiger partial charge >= 0.3 is 0 Å². The summed E-state index contributed by atoms with van der Waals surface area (Å²) in [5.41, 5.74) is 2.21. The Morgan fingerprint density at radius 2 is 1.96 bits per heavy atom. The molecule has 0 aliphatic carbocycles. The molecule has 0 radical (unpaired) electrons. The summed E-state index contributed by atoms with van der Waals surface area (Å²) >= 11 is 0. The van der Waals surface area contributed by atoms with E-state index in [1.807, 2.05) is 12.1 Å². The lowest BCUT2D eigenvalue weighted by Crippen LogP contribution is -2.39. The van der Waals surface area contributed by atoms with E-state index in [1.54, 1.807) is 12.1 Å². The predicted octanol–water partition coefficient (Wildman–Crippen LogP) is 2.38.